The second-order valence-electron chi connectivity index (χ2n) is 6.44. The first kappa shape index (κ1) is 16.8. The Kier molecular flexibility index (Phi) is 5.04. The fourth-order valence-corrected chi connectivity index (χ4v) is 3.48. The highest BCUT2D eigenvalue weighted by Gasteiger charge is 2.19. The molecule has 0 aliphatic heterocycles. The predicted octanol–water partition coefficient (Wildman–Crippen LogP) is 2.70. The van der Waals surface area contributed by atoms with Crippen LogP contribution in [0.25, 0.3) is 10.9 Å². The molecule has 1 aromatic carbocycles. The average Bonchev–Trinajstić information content (AvgIpc) is 2.61. The lowest BCUT2D eigenvalue weighted by atomic mass is 9.94. The second kappa shape index (κ2) is 7.21. The molecule has 1 aromatic heterocycles. The molecule has 0 bridgehead atoms. The van der Waals surface area contributed by atoms with Crippen LogP contribution in [0.2, 0.25) is 0 Å². The molecule has 6 heteroatoms. The number of hydrogen-bond acceptors (Lipinski definition) is 5. The Hall–Kier alpha value is -2.08. The summed E-state index contributed by atoms with van der Waals surface area (Å²) in [4.78, 5) is 22.2. The van der Waals surface area contributed by atoms with Gasteiger partial charge in [-0.2, -0.15) is 0 Å². The number of nitrogens with one attached hydrogen (secondary N) is 1. The van der Waals surface area contributed by atoms with Crippen LogP contribution in [0.5, 0.6) is 11.5 Å². The number of hydrogen-bond donors (Lipinski definition) is 1. The predicted molar refractivity (Wildman–Crippen MR) is 93.8 cm³/mol. The van der Waals surface area contributed by atoms with Gasteiger partial charge in [0.1, 0.15) is 5.82 Å². The van der Waals surface area contributed by atoms with E-state index in [2.05, 4.69) is 21.9 Å². The van der Waals surface area contributed by atoms with Crippen molar-refractivity contribution in [3.63, 3.8) is 0 Å². The third-order valence-electron chi connectivity index (χ3n) is 4.86. The average molecular weight is 331 g/mol. The van der Waals surface area contributed by atoms with Crippen molar-refractivity contribution in [1.82, 2.24) is 14.9 Å². The van der Waals surface area contributed by atoms with Crippen LogP contribution in [0, 0.1) is 0 Å². The Bertz CT molecular complexity index is 766. The fourth-order valence-electron chi connectivity index (χ4n) is 3.48. The number of H-pyrrole nitrogens is 1. The van der Waals surface area contributed by atoms with Crippen LogP contribution in [0.1, 0.15) is 37.9 Å². The summed E-state index contributed by atoms with van der Waals surface area (Å²) in [5.41, 5.74) is 0.483. The van der Waals surface area contributed by atoms with Gasteiger partial charge in [-0.15, -0.1) is 0 Å². The molecule has 2 aromatic rings. The molecule has 24 heavy (non-hydrogen) atoms. The molecule has 1 fully saturated rings. The molecule has 1 heterocycles. The zero-order valence-electron chi connectivity index (χ0n) is 14.6. The van der Waals surface area contributed by atoms with E-state index in [-0.39, 0.29) is 5.56 Å². The van der Waals surface area contributed by atoms with E-state index in [1.165, 1.54) is 32.1 Å². The van der Waals surface area contributed by atoms with Crippen LogP contribution >= 0.6 is 0 Å². The molecule has 1 aliphatic rings. The maximum Gasteiger partial charge on any atom is 0.258 e. The minimum atomic E-state index is -0.145. The van der Waals surface area contributed by atoms with Crippen molar-refractivity contribution >= 4 is 10.9 Å². The molecule has 1 aliphatic carbocycles. The molecule has 0 radical (unpaired) electrons. The number of aromatic nitrogens is 2. The van der Waals surface area contributed by atoms with Crippen molar-refractivity contribution in [2.45, 2.75) is 44.7 Å². The summed E-state index contributed by atoms with van der Waals surface area (Å²) in [5, 5.41) is 0.511. The molecule has 130 valence electrons. The molecule has 3 rings (SSSR count). The number of ether oxygens (including phenoxy) is 2. The summed E-state index contributed by atoms with van der Waals surface area (Å²) in [7, 11) is 5.24. The first-order valence-electron chi connectivity index (χ1n) is 8.47. The highest BCUT2D eigenvalue weighted by molar-refractivity contribution is 5.81. The van der Waals surface area contributed by atoms with Crippen LogP contribution in [0.4, 0.5) is 0 Å². The Morgan fingerprint density at radius 1 is 1.17 bits per heavy atom. The number of fused-ring (bicyclic) bond motifs is 1. The lowest BCUT2D eigenvalue weighted by Crippen LogP contribution is -2.34. The topological polar surface area (TPSA) is 67.5 Å². The Balaban J connectivity index is 1.90. The van der Waals surface area contributed by atoms with Gasteiger partial charge in [0, 0.05) is 12.1 Å². The summed E-state index contributed by atoms with van der Waals surface area (Å²) in [6.45, 7) is 0.643. The fraction of sp³-hybridized carbons (Fsp3) is 0.556. The zero-order chi connectivity index (χ0) is 17.1. The SMILES string of the molecule is COc1cc2nc(CN(C)C3CCCCC3)[nH]c(=O)c2cc1OC. The maximum absolute atomic E-state index is 12.4. The smallest absolute Gasteiger partial charge is 0.258 e. The quantitative estimate of drug-likeness (QED) is 0.912. The molecular formula is C18H25N3O3. The van der Waals surface area contributed by atoms with Gasteiger partial charge in [-0.25, -0.2) is 4.98 Å². The minimum absolute atomic E-state index is 0.145. The van der Waals surface area contributed by atoms with E-state index in [1.807, 2.05) is 0 Å². The Labute approximate surface area is 141 Å². The van der Waals surface area contributed by atoms with Gasteiger partial charge in [-0.05, 0) is 26.0 Å². The molecule has 1 saturated carbocycles. The van der Waals surface area contributed by atoms with Crippen LogP contribution in [0.15, 0.2) is 16.9 Å². The normalized spacial score (nSPS) is 15.8. The van der Waals surface area contributed by atoms with Crippen molar-refractivity contribution in [2.24, 2.45) is 0 Å². The number of benzene rings is 1. The summed E-state index contributed by atoms with van der Waals surface area (Å²) in [6.07, 6.45) is 6.34. The molecule has 0 unspecified atom stereocenters. The standard InChI is InChI=1S/C18H25N3O3/c1-21(12-7-5-4-6-8-12)11-17-19-14-10-16(24-3)15(23-2)9-13(14)18(22)20-17/h9-10,12H,4-8,11H2,1-3H3,(H,19,20,22). The summed E-state index contributed by atoms with van der Waals surface area (Å²) >= 11 is 0. The monoisotopic (exact) mass is 331 g/mol. The first-order chi connectivity index (χ1) is 11.6. The van der Waals surface area contributed by atoms with Crippen LogP contribution in [-0.2, 0) is 6.54 Å². The van der Waals surface area contributed by atoms with Crippen LogP contribution < -0.4 is 15.0 Å². The third-order valence-corrected chi connectivity index (χ3v) is 4.86. The number of aromatic amines is 1. The van der Waals surface area contributed by atoms with E-state index >= 15 is 0 Å². The van der Waals surface area contributed by atoms with Gasteiger partial charge in [0.25, 0.3) is 5.56 Å². The van der Waals surface area contributed by atoms with E-state index < -0.39 is 0 Å². The highest BCUT2D eigenvalue weighted by atomic mass is 16.5. The molecule has 6 nitrogen and oxygen atoms in total. The zero-order valence-corrected chi connectivity index (χ0v) is 14.6. The third kappa shape index (κ3) is 3.38. The van der Waals surface area contributed by atoms with Gasteiger partial charge >= 0.3 is 0 Å². The largest absolute Gasteiger partial charge is 0.493 e. The molecule has 0 atom stereocenters. The minimum Gasteiger partial charge on any atom is -0.493 e. The molecule has 1 N–H and O–H groups in total. The maximum atomic E-state index is 12.4. The van der Waals surface area contributed by atoms with Gasteiger partial charge in [0.15, 0.2) is 11.5 Å². The number of methoxy groups -OCH3 is 2. The van der Waals surface area contributed by atoms with E-state index in [9.17, 15) is 4.79 Å². The van der Waals surface area contributed by atoms with Gasteiger partial charge in [0.2, 0.25) is 0 Å². The van der Waals surface area contributed by atoms with E-state index in [0.717, 1.165) is 0 Å². The summed E-state index contributed by atoms with van der Waals surface area (Å²) in [5.74, 6) is 1.80. The Morgan fingerprint density at radius 3 is 2.50 bits per heavy atom. The molecule has 0 amide bonds. The number of nitrogens with zero attached hydrogens (tertiary/aromatic N) is 2. The lowest BCUT2D eigenvalue weighted by Gasteiger charge is -2.30. The second-order valence-corrected chi connectivity index (χ2v) is 6.44. The van der Waals surface area contributed by atoms with Crippen molar-refractivity contribution in [1.29, 1.82) is 0 Å². The molecule has 0 saturated heterocycles. The first-order valence-corrected chi connectivity index (χ1v) is 8.47. The molecule has 0 spiro atoms. The number of rotatable bonds is 5. The van der Waals surface area contributed by atoms with Gasteiger partial charge < -0.3 is 14.5 Å². The van der Waals surface area contributed by atoms with E-state index in [4.69, 9.17) is 9.47 Å². The van der Waals surface area contributed by atoms with Crippen molar-refractivity contribution in [2.75, 3.05) is 21.3 Å². The van der Waals surface area contributed by atoms with E-state index in [1.54, 1.807) is 26.4 Å². The van der Waals surface area contributed by atoms with Gasteiger partial charge in [-0.3, -0.25) is 9.69 Å². The molecular weight excluding hydrogens is 306 g/mol. The van der Waals surface area contributed by atoms with Crippen molar-refractivity contribution < 1.29 is 9.47 Å². The highest BCUT2D eigenvalue weighted by Crippen LogP contribution is 2.30. The van der Waals surface area contributed by atoms with Crippen molar-refractivity contribution in [3.05, 3.63) is 28.3 Å². The summed E-state index contributed by atoms with van der Waals surface area (Å²) < 4.78 is 10.6. The van der Waals surface area contributed by atoms with Gasteiger partial charge in [-0.1, -0.05) is 19.3 Å². The summed E-state index contributed by atoms with van der Waals surface area (Å²) in [6, 6.07) is 4.01. The van der Waals surface area contributed by atoms with Crippen LogP contribution in [0.3, 0.4) is 0 Å². The Morgan fingerprint density at radius 2 is 1.83 bits per heavy atom. The van der Waals surface area contributed by atoms with Crippen molar-refractivity contribution in [3.8, 4) is 11.5 Å². The van der Waals surface area contributed by atoms with Gasteiger partial charge in [0.05, 0.1) is 31.7 Å². The lowest BCUT2D eigenvalue weighted by molar-refractivity contribution is 0.181. The van der Waals surface area contributed by atoms with E-state index in [0.29, 0.717) is 40.8 Å². The van der Waals surface area contributed by atoms with Crippen LogP contribution in [-0.4, -0.2) is 42.2 Å².